The summed E-state index contributed by atoms with van der Waals surface area (Å²) >= 11 is 0. The SMILES string of the molecule is CN(C)C(=O)c1cccc(NC2Cc3ccccc3C2)c1. The van der Waals surface area contributed by atoms with Gasteiger partial charge in [0.25, 0.3) is 5.91 Å². The third-order valence-electron chi connectivity index (χ3n) is 3.94. The number of rotatable bonds is 3. The molecule has 0 saturated carbocycles. The van der Waals surface area contributed by atoms with E-state index in [0.29, 0.717) is 6.04 Å². The second kappa shape index (κ2) is 5.60. The van der Waals surface area contributed by atoms with Crippen LogP contribution in [-0.4, -0.2) is 30.9 Å². The Kier molecular flexibility index (Phi) is 3.65. The maximum Gasteiger partial charge on any atom is 0.253 e. The van der Waals surface area contributed by atoms with Crippen LogP contribution in [0.5, 0.6) is 0 Å². The summed E-state index contributed by atoms with van der Waals surface area (Å²) in [5.41, 5.74) is 4.59. The minimum Gasteiger partial charge on any atom is -0.382 e. The Morgan fingerprint density at radius 2 is 1.71 bits per heavy atom. The number of carbonyl (C=O) groups excluding carboxylic acids is 1. The molecule has 0 heterocycles. The van der Waals surface area contributed by atoms with E-state index in [0.717, 1.165) is 24.1 Å². The number of hydrogen-bond acceptors (Lipinski definition) is 2. The van der Waals surface area contributed by atoms with Crippen molar-refractivity contribution in [1.82, 2.24) is 4.90 Å². The van der Waals surface area contributed by atoms with Crippen LogP contribution in [0.3, 0.4) is 0 Å². The normalized spacial score (nSPS) is 13.8. The molecule has 1 N–H and O–H groups in total. The number of hydrogen-bond donors (Lipinski definition) is 1. The van der Waals surface area contributed by atoms with E-state index in [9.17, 15) is 4.79 Å². The summed E-state index contributed by atoms with van der Waals surface area (Å²) < 4.78 is 0. The van der Waals surface area contributed by atoms with Crippen molar-refractivity contribution in [3.05, 3.63) is 65.2 Å². The standard InChI is InChI=1S/C18H20N2O/c1-20(2)18(21)15-8-5-9-16(12-15)19-17-10-13-6-3-4-7-14(13)11-17/h3-9,12,17,19H,10-11H2,1-2H3. The van der Waals surface area contributed by atoms with Gasteiger partial charge in [-0.15, -0.1) is 0 Å². The summed E-state index contributed by atoms with van der Waals surface area (Å²) in [5, 5.41) is 3.55. The fourth-order valence-corrected chi connectivity index (χ4v) is 2.90. The number of nitrogens with zero attached hydrogens (tertiary/aromatic N) is 1. The number of benzene rings is 2. The molecule has 0 saturated heterocycles. The minimum absolute atomic E-state index is 0.0355. The van der Waals surface area contributed by atoms with Crippen molar-refractivity contribution in [1.29, 1.82) is 0 Å². The number of fused-ring (bicyclic) bond motifs is 1. The molecule has 21 heavy (non-hydrogen) atoms. The molecule has 0 fully saturated rings. The van der Waals surface area contributed by atoms with Crippen molar-refractivity contribution >= 4 is 11.6 Å². The van der Waals surface area contributed by atoms with Gasteiger partial charge < -0.3 is 10.2 Å². The first-order valence-corrected chi connectivity index (χ1v) is 7.28. The van der Waals surface area contributed by atoms with Crippen LogP contribution in [0.1, 0.15) is 21.5 Å². The molecule has 3 nitrogen and oxygen atoms in total. The first-order valence-electron chi connectivity index (χ1n) is 7.28. The first-order chi connectivity index (χ1) is 10.1. The molecule has 0 radical (unpaired) electrons. The summed E-state index contributed by atoms with van der Waals surface area (Å²) in [6.07, 6.45) is 2.09. The Labute approximate surface area is 125 Å². The van der Waals surface area contributed by atoms with Crippen LogP contribution < -0.4 is 5.32 Å². The van der Waals surface area contributed by atoms with Gasteiger partial charge in [-0.05, 0) is 42.2 Å². The van der Waals surface area contributed by atoms with E-state index in [2.05, 4.69) is 29.6 Å². The summed E-state index contributed by atoms with van der Waals surface area (Å²) in [4.78, 5) is 13.6. The van der Waals surface area contributed by atoms with Gasteiger partial charge in [-0.3, -0.25) is 4.79 Å². The van der Waals surface area contributed by atoms with Crippen LogP contribution in [-0.2, 0) is 12.8 Å². The quantitative estimate of drug-likeness (QED) is 0.937. The zero-order chi connectivity index (χ0) is 14.8. The Morgan fingerprint density at radius 3 is 2.33 bits per heavy atom. The topological polar surface area (TPSA) is 32.3 Å². The molecule has 0 aromatic heterocycles. The van der Waals surface area contributed by atoms with Gasteiger partial charge in [-0.25, -0.2) is 0 Å². The second-order valence-corrected chi connectivity index (χ2v) is 5.80. The van der Waals surface area contributed by atoms with Gasteiger partial charge in [-0.2, -0.15) is 0 Å². The highest BCUT2D eigenvalue weighted by molar-refractivity contribution is 5.94. The number of carbonyl (C=O) groups is 1. The molecule has 2 aromatic carbocycles. The highest BCUT2D eigenvalue weighted by atomic mass is 16.2. The number of nitrogens with one attached hydrogen (secondary N) is 1. The molecule has 108 valence electrons. The van der Waals surface area contributed by atoms with Crippen LogP contribution in [0, 0.1) is 0 Å². The van der Waals surface area contributed by atoms with Crippen LogP contribution in [0.25, 0.3) is 0 Å². The zero-order valence-corrected chi connectivity index (χ0v) is 12.5. The van der Waals surface area contributed by atoms with Gasteiger partial charge in [0.2, 0.25) is 0 Å². The maximum atomic E-state index is 12.0. The average molecular weight is 280 g/mol. The van der Waals surface area contributed by atoms with Crippen molar-refractivity contribution in [3.63, 3.8) is 0 Å². The van der Waals surface area contributed by atoms with E-state index in [1.807, 2.05) is 24.3 Å². The van der Waals surface area contributed by atoms with Crippen molar-refractivity contribution in [2.45, 2.75) is 18.9 Å². The Hall–Kier alpha value is -2.29. The molecule has 3 heteroatoms. The molecule has 2 aromatic rings. The fourth-order valence-electron chi connectivity index (χ4n) is 2.90. The zero-order valence-electron chi connectivity index (χ0n) is 12.5. The van der Waals surface area contributed by atoms with Crippen LogP contribution in [0.2, 0.25) is 0 Å². The summed E-state index contributed by atoms with van der Waals surface area (Å²) in [6, 6.07) is 16.7. The fraction of sp³-hybridized carbons (Fsp3) is 0.278. The Bertz CT molecular complexity index is 639. The predicted octanol–water partition coefficient (Wildman–Crippen LogP) is 2.97. The van der Waals surface area contributed by atoms with E-state index < -0.39 is 0 Å². The highest BCUT2D eigenvalue weighted by Gasteiger charge is 2.20. The van der Waals surface area contributed by atoms with E-state index in [1.165, 1.54) is 11.1 Å². The third-order valence-corrected chi connectivity index (χ3v) is 3.94. The second-order valence-electron chi connectivity index (χ2n) is 5.80. The van der Waals surface area contributed by atoms with Gasteiger partial charge in [-0.1, -0.05) is 30.3 Å². The van der Waals surface area contributed by atoms with Crippen molar-refractivity contribution in [2.75, 3.05) is 19.4 Å². The van der Waals surface area contributed by atoms with Crippen LogP contribution in [0.15, 0.2) is 48.5 Å². The third kappa shape index (κ3) is 2.92. The molecule has 0 atom stereocenters. The molecule has 0 aliphatic heterocycles. The number of amides is 1. The largest absolute Gasteiger partial charge is 0.382 e. The lowest BCUT2D eigenvalue weighted by Crippen LogP contribution is -2.22. The molecule has 0 spiro atoms. The molecule has 0 bridgehead atoms. The van der Waals surface area contributed by atoms with Crippen LogP contribution >= 0.6 is 0 Å². The molecular weight excluding hydrogens is 260 g/mol. The highest BCUT2D eigenvalue weighted by Crippen LogP contribution is 2.24. The summed E-state index contributed by atoms with van der Waals surface area (Å²) in [6.45, 7) is 0. The molecule has 0 unspecified atom stereocenters. The van der Waals surface area contributed by atoms with Gasteiger partial charge in [0.15, 0.2) is 0 Å². The monoisotopic (exact) mass is 280 g/mol. The van der Waals surface area contributed by atoms with E-state index >= 15 is 0 Å². The lowest BCUT2D eigenvalue weighted by molar-refractivity contribution is 0.0827. The summed E-state index contributed by atoms with van der Waals surface area (Å²) in [5.74, 6) is 0.0355. The molecule has 1 amide bonds. The van der Waals surface area contributed by atoms with Gasteiger partial charge in [0, 0.05) is 31.4 Å². The maximum absolute atomic E-state index is 12.0. The smallest absolute Gasteiger partial charge is 0.253 e. The van der Waals surface area contributed by atoms with Crippen LogP contribution in [0.4, 0.5) is 5.69 Å². The van der Waals surface area contributed by atoms with Gasteiger partial charge >= 0.3 is 0 Å². The van der Waals surface area contributed by atoms with E-state index in [1.54, 1.807) is 19.0 Å². The average Bonchev–Trinajstić information content (AvgIpc) is 2.88. The van der Waals surface area contributed by atoms with E-state index in [-0.39, 0.29) is 5.91 Å². The first kappa shape index (κ1) is 13.7. The number of anilines is 1. The van der Waals surface area contributed by atoms with Crippen molar-refractivity contribution in [3.8, 4) is 0 Å². The van der Waals surface area contributed by atoms with Crippen molar-refractivity contribution < 1.29 is 4.79 Å². The van der Waals surface area contributed by atoms with Gasteiger partial charge in [0.1, 0.15) is 0 Å². The predicted molar refractivity (Wildman–Crippen MR) is 85.7 cm³/mol. The van der Waals surface area contributed by atoms with Gasteiger partial charge in [0.05, 0.1) is 0 Å². The minimum atomic E-state index is 0.0355. The Balaban J connectivity index is 1.72. The molecular formula is C18H20N2O. The lowest BCUT2D eigenvalue weighted by Gasteiger charge is -2.15. The molecule has 1 aliphatic rings. The summed E-state index contributed by atoms with van der Waals surface area (Å²) in [7, 11) is 3.55. The lowest BCUT2D eigenvalue weighted by atomic mass is 10.1. The van der Waals surface area contributed by atoms with Crippen molar-refractivity contribution in [2.24, 2.45) is 0 Å². The molecule has 3 rings (SSSR count). The molecule has 1 aliphatic carbocycles. The Morgan fingerprint density at radius 1 is 1.05 bits per heavy atom. The van der Waals surface area contributed by atoms with E-state index in [4.69, 9.17) is 0 Å².